The van der Waals surface area contributed by atoms with Crippen LogP contribution < -0.4 is 5.32 Å². The Kier molecular flexibility index (Phi) is 6.25. The average molecular weight is 289 g/mol. The van der Waals surface area contributed by atoms with Crippen molar-refractivity contribution in [2.75, 3.05) is 13.2 Å². The molecular formula is C19H31NO. The van der Waals surface area contributed by atoms with Crippen molar-refractivity contribution in [2.45, 2.75) is 65.5 Å². The van der Waals surface area contributed by atoms with Crippen LogP contribution in [0.4, 0.5) is 0 Å². The first-order chi connectivity index (χ1) is 10.1. The fourth-order valence-electron chi connectivity index (χ4n) is 3.21. The second kappa shape index (κ2) is 7.95. The predicted octanol–water partition coefficient (Wildman–Crippen LogP) is 4.55. The lowest BCUT2D eigenvalue weighted by atomic mass is 9.77. The zero-order valence-corrected chi connectivity index (χ0v) is 14.1. The van der Waals surface area contributed by atoms with E-state index in [9.17, 15) is 0 Å². The Hall–Kier alpha value is -0.860. The molecule has 0 spiro atoms. The third kappa shape index (κ3) is 4.55. The number of benzene rings is 1. The largest absolute Gasteiger partial charge is 0.378 e. The van der Waals surface area contributed by atoms with Gasteiger partial charge in [0.1, 0.15) is 0 Å². The van der Waals surface area contributed by atoms with Crippen LogP contribution in [0.1, 0.15) is 62.3 Å². The van der Waals surface area contributed by atoms with Crippen molar-refractivity contribution >= 4 is 0 Å². The molecule has 1 unspecified atom stereocenters. The summed E-state index contributed by atoms with van der Waals surface area (Å²) in [4.78, 5) is 0. The number of hydrogen-bond acceptors (Lipinski definition) is 2. The number of hydrogen-bond donors (Lipinski definition) is 1. The molecule has 0 radical (unpaired) electrons. The van der Waals surface area contributed by atoms with Gasteiger partial charge in [0, 0.05) is 12.6 Å². The molecule has 2 nitrogen and oxygen atoms in total. The van der Waals surface area contributed by atoms with Gasteiger partial charge in [-0.1, -0.05) is 25.1 Å². The van der Waals surface area contributed by atoms with E-state index < -0.39 is 0 Å². The Morgan fingerprint density at radius 2 is 1.95 bits per heavy atom. The van der Waals surface area contributed by atoms with Gasteiger partial charge in [-0.15, -0.1) is 0 Å². The minimum Gasteiger partial charge on any atom is -0.378 e. The first kappa shape index (κ1) is 16.5. The van der Waals surface area contributed by atoms with Gasteiger partial charge >= 0.3 is 0 Å². The van der Waals surface area contributed by atoms with E-state index >= 15 is 0 Å². The Labute approximate surface area is 130 Å². The highest BCUT2D eigenvalue weighted by Gasteiger charge is 2.31. The molecular weight excluding hydrogens is 258 g/mol. The smallest absolute Gasteiger partial charge is 0.0580 e. The zero-order chi connectivity index (χ0) is 15.2. The van der Waals surface area contributed by atoms with E-state index in [0.29, 0.717) is 12.1 Å². The van der Waals surface area contributed by atoms with E-state index in [0.717, 1.165) is 19.1 Å². The van der Waals surface area contributed by atoms with Crippen LogP contribution in [0.2, 0.25) is 0 Å². The molecule has 1 atom stereocenters. The van der Waals surface area contributed by atoms with Crippen LogP contribution in [0.25, 0.3) is 0 Å². The van der Waals surface area contributed by atoms with E-state index in [4.69, 9.17) is 4.74 Å². The maximum Gasteiger partial charge on any atom is 0.0580 e. The van der Waals surface area contributed by atoms with E-state index in [1.165, 1.54) is 42.4 Å². The maximum atomic E-state index is 5.69. The van der Waals surface area contributed by atoms with Crippen molar-refractivity contribution in [2.24, 2.45) is 5.92 Å². The second-order valence-electron chi connectivity index (χ2n) is 6.50. The molecule has 1 aromatic rings. The molecule has 0 heterocycles. The normalized spacial score (nSPS) is 22.9. The lowest BCUT2D eigenvalue weighted by Crippen LogP contribution is -2.35. The molecule has 1 aliphatic carbocycles. The Bertz CT molecular complexity index is 437. The van der Waals surface area contributed by atoms with Gasteiger partial charge in [-0.2, -0.15) is 0 Å². The molecule has 2 heteroatoms. The van der Waals surface area contributed by atoms with Crippen LogP contribution in [0, 0.1) is 19.8 Å². The second-order valence-corrected chi connectivity index (χ2v) is 6.50. The van der Waals surface area contributed by atoms with Gasteiger partial charge in [-0.25, -0.2) is 0 Å². The van der Waals surface area contributed by atoms with Gasteiger partial charge in [0.15, 0.2) is 0 Å². The standard InChI is InChI=1S/C19H31NO/c1-5-9-20-19(13-16-11-18(12-16)21-6-2)17-8-7-14(3)15(4)10-17/h7-8,10,16,18-20H,5-6,9,11-13H2,1-4H3. The first-order valence-electron chi connectivity index (χ1n) is 8.56. The summed E-state index contributed by atoms with van der Waals surface area (Å²) in [5.74, 6) is 0.817. The van der Waals surface area contributed by atoms with Crippen molar-refractivity contribution in [3.8, 4) is 0 Å². The summed E-state index contributed by atoms with van der Waals surface area (Å²) in [6, 6.07) is 7.42. The summed E-state index contributed by atoms with van der Waals surface area (Å²) in [7, 11) is 0. The molecule has 1 aliphatic rings. The molecule has 0 saturated heterocycles. The van der Waals surface area contributed by atoms with E-state index in [1.807, 2.05) is 0 Å². The molecule has 1 fully saturated rings. The van der Waals surface area contributed by atoms with Crippen LogP contribution >= 0.6 is 0 Å². The average Bonchev–Trinajstić information content (AvgIpc) is 2.43. The van der Waals surface area contributed by atoms with Gasteiger partial charge in [0.05, 0.1) is 6.10 Å². The van der Waals surface area contributed by atoms with Gasteiger partial charge in [-0.3, -0.25) is 0 Å². The summed E-state index contributed by atoms with van der Waals surface area (Å²) in [5, 5.41) is 3.74. The first-order valence-corrected chi connectivity index (χ1v) is 8.56. The molecule has 118 valence electrons. The van der Waals surface area contributed by atoms with Crippen molar-refractivity contribution in [3.05, 3.63) is 34.9 Å². The summed E-state index contributed by atoms with van der Waals surface area (Å²) in [5.41, 5.74) is 4.23. The number of rotatable bonds is 8. The summed E-state index contributed by atoms with van der Waals surface area (Å²) >= 11 is 0. The zero-order valence-electron chi connectivity index (χ0n) is 14.1. The van der Waals surface area contributed by atoms with Gasteiger partial charge in [0.25, 0.3) is 0 Å². The predicted molar refractivity (Wildman–Crippen MR) is 89.7 cm³/mol. The fraction of sp³-hybridized carbons (Fsp3) is 0.684. The third-order valence-electron chi connectivity index (χ3n) is 4.74. The Morgan fingerprint density at radius 3 is 2.57 bits per heavy atom. The lowest BCUT2D eigenvalue weighted by Gasteiger charge is -2.37. The molecule has 0 amide bonds. The van der Waals surface area contributed by atoms with E-state index in [2.05, 4.69) is 51.2 Å². The minimum absolute atomic E-state index is 0.497. The Morgan fingerprint density at radius 1 is 1.19 bits per heavy atom. The highest BCUT2D eigenvalue weighted by molar-refractivity contribution is 5.31. The summed E-state index contributed by atoms with van der Waals surface area (Å²) in [6.45, 7) is 10.7. The van der Waals surface area contributed by atoms with Gasteiger partial charge < -0.3 is 10.1 Å². The molecule has 0 aromatic heterocycles. The molecule has 21 heavy (non-hydrogen) atoms. The monoisotopic (exact) mass is 289 g/mol. The highest BCUT2D eigenvalue weighted by Crippen LogP contribution is 2.37. The molecule has 2 rings (SSSR count). The quantitative estimate of drug-likeness (QED) is 0.758. The van der Waals surface area contributed by atoms with E-state index in [-0.39, 0.29) is 0 Å². The molecule has 0 bridgehead atoms. The van der Waals surface area contributed by atoms with Crippen LogP contribution in [0.3, 0.4) is 0 Å². The fourth-order valence-corrected chi connectivity index (χ4v) is 3.21. The summed E-state index contributed by atoms with van der Waals surface area (Å²) in [6.07, 6.45) is 5.43. The topological polar surface area (TPSA) is 21.3 Å². The molecule has 1 N–H and O–H groups in total. The van der Waals surface area contributed by atoms with Crippen molar-refractivity contribution < 1.29 is 4.74 Å². The number of nitrogens with one attached hydrogen (secondary N) is 1. The lowest BCUT2D eigenvalue weighted by molar-refractivity contribution is -0.0291. The molecule has 0 aliphatic heterocycles. The van der Waals surface area contributed by atoms with Crippen LogP contribution in [-0.4, -0.2) is 19.3 Å². The van der Waals surface area contributed by atoms with Crippen LogP contribution in [0.15, 0.2) is 18.2 Å². The van der Waals surface area contributed by atoms with Crippen molar-refractivity contribution in [1.29, 1.82) is 0 Å². The van der Waals surface area contributed by atoms with Crippen LogP contribution in [0.5, 0.6) is 0 Å². The maximum absolute atomic E-state index is 5.69. The third-order valence-corrected chi connectivity index (χ3v) is 4.74. The number of ether oxygens (including phenoxy) is 1. The van der Waals surface area contributed by atoms with Gasteiger partial charge in [-0.05, 0) is 75.6 Å². The SMILES string of the molecule is CCCNC(CC1CC(OCC)C1)c1ccc(C)c(C)c1. The summed E-state index contributed by atoms with van der Waals surface area (Å²) < 4.78 is 5.69. The highest BCUT2D eigenvalue weighted by atomic mass is 16.5. The van der Waals surface area contributed by atoms with Crippen molar-refractivity contribution in [1.82, 2.24) is 5.32 Å². The Balaban J connectivity index is 1.96. The van der Waals surface area contributed by atoms with E-state index in [1.54, 1.807) is 0 Å². The molecule has 1 saturated carbocycles. The number of aryl methyl sites for hydroxylation is 2. The van der Waals surface area contributed by atoms with Crippen LogP contribution in [-0.2, 0) is 4.74 Å². The minimum atomic E-state index is 0.497. The molecule has 1 aromatic carbocycles. The van der Waals surface area contributed by atoms with Crippen molar-refractivity contribution in [3.63, 3.8) is 0 Å². The van der Waals surface area contributed by atoms with Gasteiger partial charge in [0.2, 0.25) is 0 Å².